The Morgan fingerprint density at radius 2 is 1.65 bits per heavy atom. The van der Waals surface area contributed by atoms with Crippen LogP contribution in [0.1, 0.15) is 24.0 Å². The van der Waals surface area contributed by atoms with E-state index in [1.54, 1.807) is 4.90 Å². The fraction of sp³-hybridized carbons (Fsp3) is 0.360. The fourth-order valence-electron chi connectivity index (χ4n) is 4.43. The van der Waals surface area contributed by atoms with Crippen LogP contribution in [0.2, 0.25) is 0 Å². The minimum atomic E-state index is -0.300. The second kappa shape index (κ2) is 9.23. The van der Waals surface area contributed by atoms with Crippen molar-refractivity contribution in [3.63, 3.8) is 0 Å². The van der Waals surface area contributed by atoms with Crippen LogP contribution in [0.15, 0.2) is 48.5 Å². The molecule has 4 rings (SSSR count). The third kappa shape index (κ3) is 4.28. The Morgan fingerprint density at radius 3 is 2.23 bits per heavy atom. The number of benzene rings is 2. The predicted octanol–water partition coefficient (Wildman–Crippen LogP) is 2.69. The summed E-state index contributed by atoms with van der Waals surface area (Å²) in [5, 5.41) is 2.71. The highest BCUT2D eigenvalue weighted by molar-refractivity contribution is 5.81. The van der Waals surface area contributed by atoms with Gasteiger partial charge in [0.15, 0.2) is 0 Å². The van der Waals surface area contributed by atoms with E-state index in [4.69, 9.17) is 11.2 Å². The molecule has 1 fully saturated rings. The van der Waals surface area contributed by atoms with E-state index in [1.165, 1.54) is 22.3 Å². The fourth-order valence-corrected chi connectivity index (χ4v) is 4.43. The van der Waals surface area contributed by atoms with Gasteiger partial charge in [-0.25, -0.2) is 4.79 Å². The van der Waals surface area contributed by atoms with Crippen LogP contribution in [0.4, 0.5) is 4.79 Å². The molecule has 2 amide bonds. The molecule has 1 aliphatic heterocycles. The first-order chi connectivity index (χ1) is 15.1. The van der Waals surface area contributed by atoms with Gasteiger partial charge in [-0.15, -0.1) is 6.42 Å². The summed E-state index contributed by atoms with van der Waals surface area (Å²) in [6, 6.07) is 16.3. The van der Waals surface area contributed by atoms with Crippen molar-refractivity contribution in [2.75, 3.05) is 39.3 Å². The van der Waals surface area contributed by atoms with Gasteiger partial charge < -0.3 is 15.0 Å². The Hall–Kier alpha value is -3.30. The Bertz CT molecular complexity index is 960. The van der Waals surface area contributed by atoms with Gasteiger partial charge in [0.05, 0.1) is 12.6 Å². The monoisotopic (exact) mass is 417 g/mol. The second-order valence-electron chi connectivity index (χ2n) is 7.92. The van der Waals surface area contributed by atoms with Gasteiger partial charge in [0, 0.05) is 32.1 Å². The lowest BCUT2D eigenvalue weighted by atomic mass is 9.98. The highest BCUT2D eigenvalue weighted by Crippen LogP contribution is 2.44. The molecule has 0 spiro atoms. The number of hydrogen-bond acceptors (Lipinski definition) is 4. The lowest BCUT2D eigenvalue weighted by Gasteiger charge is -2.36. The van der Waals surface area contributed by atoms with Gasteiger partial charge in [0.2, 0.25) is 5.91 Å². The lowest BCUT2D eigenvalue weighted by Crippen LogP contribution is -2.55. The summed E-state index contributed by atoms with van der Waals surface area (Å²) in [7, 11) is 0. The summed E-state index contributed by atoms with van der Waals surface area (Å²) in [4.78, 5) is 28.6. The van der Waals surface area contributed by atoms with Crippen LogP contribution in [0.5, 0.6) is 0 Å². The summed E-state index contributed by atoms with van der Waals surface area (Å²) in [5.41, 5.74) is 4.83. The summed E-state index contributed by atoms with van der Waals surface area (Å²) in [5.74, 6) is 2.37. The van der Waals surface area contributed by atoms with Gasteiger partial charge in [-0.05, 0) is 29.2 Å². The molecule has 6 heteroatoms. The number of amides is 2. The van der Waals surface area contributed by atoms with E-state index in [0.717, 1.165) is 0 Å². The number of rotatable bonds is 5. The zero-order valence-corrected chi connectivity index (χ0v) is 17.7. The summed E-state index contributed by atoms with van der Waals surface area (Å²) in [6.45, 7) is 4.70. The topological polar surface area (TPSA) is 61.9 Å². The molecule has 0 saturated carbocycles. The number of nitrogens with zero attached hydrogens (tertiary/aromatic N) is 2. The highest BCUT2D eigenvalue weighted by atomic mass is 16.6. The largest absolute Gasteiger partial charge is 0.448 e. The molecule has 1 aliphatic carbocycles. The zero-order valence-electron chi connectivity index (χ0n) is 17.7. The van der Waals surface area contributed by atoms with E-state index < -0.39 is 0 Å². The van der Waals surface area contributed by atoms with Crippen LogP contribution in [0.25, 0.3) is 11.1 Å². The van der Waals surface area contributed by atoms with E-state index in [-0.39, 0.29) is 30.5 Å². The van der Waals surface area contributed by atoms with Crippen LogP contribution < -0.4 is 5.32 Å². The van der Waals surface area contributed by atoms with Crippen molar-refractivity contribution >= 4 is 12.0 Å². The third-order valence-electron chi connectivity index (χ3n) is 6.20. The standard InChI is InChI=1S/C25H27N3O3/c1-3-12-26-24(29)18(2)27-13-15-28(16-14-27)25(30)31-17-23-21-10-6-4-8-19(21)20-9-5-7-11-22(20)23/h1,4-11,18,23H,12-17H2,2H3,(H,26,29). The first-order valence-corrected chi connectivity index (χ1v) is 10.6. The van der Waals surface area contributed by atoms with Crippen molar-refractivity contribution < 1.29 is 14.3 Å². The maximum absolute atomic E-state index is 12.7. The molecular formula is C25H27N3O3. The Balaban J connectivity index is 1.33. The molecule has 1 atom stereocenters. The molecule has 0 radical (unpaired) electrons. The van der Waals surface area contributed by atoms with Crippen molar-refractivity contribution in [2.45, 2.75) is 18.9 Å². The molecule has 2 aromatic rings. The normalized spacial score (nSPS) is 16.7. The molecule has 31 heavy (non-hydrogen) atoms. The summed E-state index contributed by atoms with van der Waals surface area (Å²) < 4.78 is 5.74. The van der Waals surface area contributed by atoms with Crippen molar-refractivity contribution in [3.8, 4) is 23.5 Å². The number of piperazine rings is 1. The minimum absolute atomic E-state index is 0.0533. The zero-order chi connectivity index (χ0) is 21.8. The maximum atomic E-state index is 12.7. The van der Waals surface area contributed by atoms with E-state index >= 15 is 0 Å². The van der Waals surface area contributed by atoms with Crippen molar-refractivity contribution in [2.24, 2.45) is 0 Å². The molecule has 160 valence electrons. The van der Waals surface area contributed by atoms with Crippen LogP contribution in [0, 0.1) is 12.3 Å². The Morgan fingerprint density at radius 1 is 1.06 bits per heavy atom. The molecular weight excluding hydrogens is 390 g/mol. The quantitative estimate of drug-likeness (QED) is 0.760. The van der Waals surface area contributed by atoms with Crippen molar-refractivity contribution in [1.82, 2.24) is 15.1 Å². The van der Waals surface area contributed by atoms with E-state index in [2.05, 4.69) is 40.4 Å². The SMILES string of the molecule is C#CCNC(=O)C(C)N1CCN(C(=O)OCC2c3ccccc3-c3ccccc32)CC1. The predicted molar refractivity (Wildman–Crippen MR) is 120 cm³/mol. The number of terminal acetylenes is 1. The lowest BCUT2D eigenvalue weighted by molar-refractivity contribution is -0.126. The van der Waals surface area contributed by atoms with Gasteiger partial charge in [0.25, 0.3) is 0 Å². The van der Waals surface area contributed by atoms with Crippen LogP contribution in [-0.2, 0) is 9.53 Å². The van der Waals surface area contributed by atoms with Gasteiger partial charge in [-0.3, -0.25) is 9.69 Å². The second-order valence-corrected chi connectivity index (χ2v) is 7.92. The van der Waals surface area contributed by atoms with E-state index in [9.17, 15) is 9.59 Å². The molecule has 2 aliphatic rings. The van der Waals surface area contributed by atoms with Crippen molar-refractivity contribution in [3.05, 3.63) is 59.7 Å². The van der Waals surface area contributed by atoms with Crippen LogP contribution in [0.3, 0.4) is 0 Å². The summed E-state index contributed by atoms with van der Waals surface area (Å²) >= 11 is 0. The molecule has 1 heterocycles. The van der Waals surface area contributed by atoms with Gasteiger partial charge in [-0.1, -0.05) is 54.5 Å². The number of ether oxygens (including phenoxy) is 1. The van der Waals surface area contributed by atoms with E-state index in [1.807, 2.05) is 31.2 Å². The number of fused-ring (bicyclic) bond motifs is 3. The first kappa shape index (κ1) is 21.0. The minimum Gasteiger partial charge on any atom is -0.448 e. The van der Waals surface area contributed by atoms with E-state index in [0.29, 0.717) is 32.8 Å². The smallest absolute Gasteiger partial charge is 0.409 e. The van der Waals surface area contributed by atoms with Crippen LogP contribution in [-0.4, -0.2) is 67.2 Å². The maximum Gasteiger partial charge on any atom is 0.409 e. The Kier molecular flexibility index (Phi) is 6.24. The Labute approximate surface area is 183 Å². The van der Waals surface area contributed by atoms with Gasteiger partial charge >= 0.3 is 6.09 Å². The molecule has 6 nitrogen and oxygen atoms in total. The number of hydrogen-bond donors (Lipinski definition) is 1. The average molecular weight is 418 g/mol. The number of carbonyl (C=O) groups is 2. The van der Waals surface area contributed by atoms with Crippen molar-refractivity contribution in [1.29, 1.82) is 0 Å². The van der Waals surface area contributed by atoms with Gasteiger partial charge in [0.1, 0.15) is 6.61 Å². The summed E-state index contributed by atoms with van der Waals surface area (Å²) in [6.07, 6.45) is 4.90. The highest BCUT2D eigenvalue weighted by Gasteiger charge is 2.31. The molecule has 2 aromatic carbocycles. The van der Waals surface area contributed by atoms with Crippen LogP contribution >= 0.6 is 0 Å². The van der Waals surface area contributed by atoms with Gasteiger partial charge in [-0.2, -0.15) is 0 Å². The molecule has 1 unspecified atom stereocenters. The molecule has 1 saturated heterocycles. The molecule has 1 N–H and O–H groups in total. The number of carbonyl (C=O) groups excluding carboxylic acids is 2. The molecule has 0 bridgehead atoms. The average Bonchev–Trinajstić information content (AvgIpc) is 3.14. The number of nitrogens with one attached hydrogen (secondary N) is 1. The first-order valence-electron chi connectivity index (χ1n) is 10.6. The third-order valence-corrected chi connectivity index (χ3v) is 6.20. The molecule has 0 aromatic heterocycles.